The van der Waals surface area contributed by atoms with E-state index in [0.717, 1.165) is 0 Å². The smallest absolute Gasteiger partial charge is 0.282 e. The Balaban J connectivity index is 2.38. The van der Waals surface area contributed by atoms with Gasteiger partial charge in [-0.05, 0) is 72.5 Å². The second-order valence-corrected chi connectivity index (χ2v) is 11.5. The van der Waals surface area contributed by atoms with Gasteiger partial charge in [0.25, 0.3) is 20.2 Å². The van der Waals surface area contributed by atoms with E-state index in [1.165, 1.54) is 0 Å². The SMILES string of the molecule is CCOS(=O)(=O)c1c(Br)cc2ccccc2c1-c1c(S(=O)(=O)O)c(Br)cc2ccccc12. The molecule has 1 N–H and O–H groups in total. The number of benzene rings is 4. The van der Waals surface area contributed by atoms with Crippen LogP contribution in [0.15, 0.2) is 79.4 Å². The molecule has 32 heavy (non-hydrogen) atoms. The van der Waals surface area contributed by atoms with Gasteiger partial charge in [-0.1, -0.05) is 48.5 Å². The molecule has 0 bridgehead atoms. The molecule has 4 aromatic carbocycles. The van der Waals surface area contributed by atoms with Gasteiger partial charge in [-0.2, -0.15) is 16.8 Å². The summed E-state index contributed by atoms with van der Waals surface area (Å²) < 4.78 is 67.0. The number of rotatable bonds is 5. The van der Waals surface area contributed by atoms with Gasteiger partial charge in [-0.15, -0.1) is 0 Å². The molecule has 0 atom stereocenters. The van der Waals surface area contributed by atoms with Gasteiger partial charge in [0.05, 0.1) is 6.61 Å². The van der Waals surface area contributed by atoms with Gasteiger partial charge in [-0.25, -0.2) is 0 Å². The normalized spacial score (nSPS) is 12.5. The second kappa shape index (κ2) is 8.51. The van der Waals surface area contributed by atoms with Crippen LogP contribution in [0.1, 0.15) is 6.92 Å². The highest BCUT2D eigenvalue weighted by molar-refractivity contribution is 9.10. The van der Waals surface area contributed by atoms with Crippen LogP contribution in [0.4, 0.5) is 0 Å². The Morgan fingerprint density at radius 3 is 1.69 bits per heavy atom. The topological polar surface area (TPSA) is 97.7 Å². The summed E-state index contributed by atoms with van der Waals surface area (Å²) in [5.41, 5.74) is 0.182. The van der Waals surface area contributed by atoms with Crippen molar-refractivity contribution in [1.29, 1.82) is 0 Å². The lowest BCUT2D eigenvalue weighted by Crippen LogP contribution is -2.11. The molecule has 0 spiro atoms. The van der Waals surface area contributed by atoms with Crippen LogP contribution in [0.25, 0.3) is 32.7 Å². The number of halogens is 2. The zero-order valence-corrected chi connectivity index (χ0v) is 21.3. The van der Waals surface area contributed by atoms with Gasteiger partial charge >= 0.3 is 0 Å². The van der Waals surface area contributed by atoms with E-state index in [2.05, 4.69) is 31.9 Å². The summed E-state index contributed by atoms with van der Waals surface area (Å²) in [6, 6.07) is 17.2. The van der Waals surface area contributed by atoms with Crippen molar-refractivity contribution in [3.05, 3.63) is 69.6 Å². The molecule has 0 aliphatic rings. The Morgan fingerprint density at radius 1 is 0.781 bits per heavy atom. The predicted octanol–water partition coefficient (Wildman–Crippen LogP) is 6.16. The van der Waals surface area contributed by atoms with E-state index in [9.17, 15) is 21.4 Å². The van der Waals surface area contributed by atoms with E-state index >= 15 is 0 Å². The molecule has 10 heteroatoms. The predicted molar refractivity (Wildman–Crippen MR) is 131 cm³/mol. The zero-order chi connectivity index (χ0) is 23.3. The lowest BCUT2D eigenvalue weighted by atomic mass is 9.93. The molecule has 0 saturated carbocycles. The lowest BCUT2D eigenvalue weighted by Gasteiger charge is -2.20. The fourth-order valence-corrected chi connectivity index (χ4v) is 7.86. The molecule has 0 radical (unpaired) electrons. The van der Waals surface area contributed by atoms with E-state index in [1.54, 1.807) is 67.6 Å². The van der Waals surface area contributed by atoms with Crippen molar-refractivity contribution < 1.29 is 25.6 Å². The minimum atomic E-state index is -4.76. The zero-order valence-electron chi connectivity index (χ0n) is 16.5. The van der Waals surface area contributed by atoms with Crippen LogP contribution in [-0.2, 0) is 24.4 Å². The van der Waals surface area contributed by atoms with Gasteiger partial charge in [0.15, 0.2) is 0 Å². The monoisotopic (exact) mass is 598 g/mol. The van der Waals surface area contributed by atoms with Crippen LogP contribution >= 0.6 is 31.9 Å². The molecule has 0 saturated heterocycles. The quantitative estimate of drug-likeness (QED) is 0.218. The van der Waals surface area contributed by atoms with Crippen molar-refractivity contribution in [3.8, 4) is 11.1 Å². The maximum absolute atomic E-state index is 13.2. The third kappa shape index (κ3) is 4.00. The van der Waals surface area contributed by atoms with E-state index in [0.29, 0.717) is 21.5 Å². The third-order valence-electron chi connectivity index (χ3n) is 4.94. The van der Waals surface area contributed by atoms with Crippen LogP contribution in [0.3, 0.4) is 0 Å². The fraction of sp³-hybridized carbons (Fsp3) is 0.0909. The summed E-state index contributed by atoms with van der Waals surface area (Å²) in [5, 5.41) is 2.28. The second-order valence-electron chi connectivity index (χ2n) is 6.90. The molecular formula is C22H16Br2O6S2. The van der Waals surface area contributed by atoms with E-state index in [1.807, 2.05) is 0 Å². The number of hydrogen-bond acceptors (Lipinski definition) is 5. The minimum Gasteiger partial charge on any atom is -0.282 e. The molecule has 166 valence electrons. The molecule has 4 rings (SSSR count). The largest absolute Gasteiger partial charge is 0.298 e. The highest BCUT2D eigenvalue weighted by atomic mass is 79.9. The highest BCUT2D eigenvalue weighted by Crippen LogP contribution is 2.47. The van der Waals surface area contributed by atoms with E-state index in [4.69, 9.17) is 4.18 Å². The molecule has 0 aliphatic carbocycles. The van der Waals surface area contributed by atoms with Crippen LogP contribution in [-0.4, -0.2) is 28.0 Å². The summed E-state index contributed by atoms with van der Waals surface area (Å²) in [5.74, 6) is 0. The van der Waals surface area contributed by atoms with Gasteiger partial charge in [-0.3, -0.25) is 8.74 Å². The Hall–Kier alpha value is -1.82. The summed E-state index contributed by atoms with van der Waals surface area (Å²) in [6.45, 7) is 1.44. The van der Waals surface area contributed by atoms with Crippen molar-refractivity contribution in [1.82, 2.24) is 0 Å². The molecule has 0 fully saturated rings. The van der Waals surface area contributed by atoms with Crippen molar-refractivity contribution >= 4 is 73.6 Å². The van der Waals surface area contributed by atoms with Gasteiger partial charge in [0.2, 0.25) is 0 Å². The Labute approximate surface area is 202 Å². The van der Waals surface area contributed by atoms with Crippen LogP contribution in [0.5, 0.6) is 0 Å². The fourth-order valence-electron chi connectivity index (χ4n) is 3.80. The summed E-state index contributed by atoms with van der Waals surface area (Å²) >= 11 is 6.60. The first kappa shape index (κ1) is 23.3. The average Bonchev–Trinajstić information content (AvgIpc) is 2.70. The standard InChI is InChI=1S/C22H16Br2O6S2/c1-2-30-32(28,29)22-18(24)12-14-8-4-6-10-16(14)20(22)19-15-9-5-3-7-13(15)11-17(23)21(19)31(25,26)27/h3-12H,2H2,1H3,(H,25,26,27). The van der Waals surface area contributed by atoms with Crippen LogP contribution in [0, 0.1) is 0 Å². The highest BCUT2D eigenvalue weighted by Gasteiger charge is 2.31. The first-order valence-electron chi connectivity index (χ1n) is 9.36. The lowest BCUT2D eigenvalue weighted by molar-refractivity contribution is 0.338. The molecule has 0 unspecified atom stereocenters. The van der Waals surface area contributed by atoms with Crippen LogP contribution in [0.2, 0.25) is 0 Å². The Kier molecular flexibility index (Phi) is 6.21. The van der Waals surface area contributed by atoms with Crippen molar-refractivity contribution in [3.63, 3.8) is 0 Å². The summed E-state index contributed by atoms with van der Waals surface area (Å²) in [7, 11) is -9.05. The molecular weight excluding hydrogens is 584 g/mol. The maximum Gasteiger partial charge on any atom is 0.298 e. The molecule has 0 aliphatic heterocycles. The molecule has 0 aromatic heterocycles. The molecule has 0 heterocycles. The van der Waals surface area contributed by atoms with E-state index < -0.39 is 25.1 Å². The van der Waals surface area contributed by atoms with Crippen molar-refractivity contribution in [2.24, 2.45) is 0 Å². The molecule has 4 aromatic rings. The van der Waals surface area contributed by atoms with E-state index in [-0.39, 0.29) is 31.6 Å². The Morgan fingerprint density at radius 2 is 1.22 bits per heavy atom. The first-order chi connectivity index (χ1) is 15.1. The van der Waals surface area contributed by atoms with Gasteiger partial charge < -0.3 is 0 Å². The minimum absolute atomic E-state index is 0.0632. The number of fused-ring (bicyclic) bond motifs is 2. The maximum atomic E-state index is 13.2. The average molecular weight is 600 g/mol. The molecule has 0 amide bonds. The van der Waals surface area contributed by atoms with Crippen molar-refractivity contribution in [2.75, 3.05) is 6.61 Å². The van der Waals surface area contributed by atoms with Crippen LogP contribution < -0.4 is 0 Å². The van der Waals surface area contributed by atoms with Gasteiger partial charge in [0, 0.05) is 20.1 Å². The van der Waals surface area contributed by atoms with Gasteiger partial charge in [0.1, 0.15) is 9.79 Å². The number of hydrogen-bond donors (Lipinski definition) is 1. The third-order valence-corrected chi connectivity index (χ3v) is 9.13. The summed E-state index contributed by atoms with van der Waals surface area (Å²) in [4.78, 5) is -0.640. The van der Waals surface area contributed by atoms with Crippen molar-refractivity contribution in [2.45, 2.75) is 16.7 Å². The summed E-state index contributed by atoms with van der Waals surface area (Å²) in [6.07, 6.45) is 0. The first-order valence-corrected chi connectivity index (χ1v) is 13.8. The Bertz CT molecular complexity index is 1600. The molecule has 6 nitrogen and oxygen atoms in total.